The van der Waals surface area contributed by atoms with Gasteiger partial charge in [-0.05, 0) is 30.2 Å². The summed E-state index contributed by atoms with van der Waals surface area (Å²) in [6.45, 7) is 3.86. The minimum atomic E-state index is -3.49. The SMILES string of the molecule is Cc1ccc(Cl)c(NC(=O)C[NH+]2CCN(S(=O)(=O)/C=C/c3ccccc3)CC2)c1Cl. The van der Waals surface area contributed by atoms with Crippen LogP contribution in [0.1, 0.15) is 11.1 Å². The molecule has 1 amide bonds. The molecule has 0 unspecified atom stereocenters. The summed E-state index contributed by atoms with van der Waals surface area (Å²) in [4.78, 5) is 13.4. The van der Waals surface area contributed by atoms with Gasteiger partial charge in [0, 0.05) is 5.41 Å². The van der Waals surface area contributed by atoms with Crippen LogP contribution in [0.2, 0.25) is 10.0 Å². The highest BCUT2D eigenvalue weighted by atomic mass is 35.5. The molecule has 0 atom stereocenters. The zero-order chi connectivity index (χ0) is 21.7. The summed E-state index contributed by atoms with van der Waals surface area (Å²) in [5, 5.41) is 4.83. The lowest BCUT2D eigenvalue weighted by atomic mass is 10.2. The van der Waals surface area contributed by atoms with Crippen molar-refractivity contribution in [3.05, 3.63) is 69.0 Å². The number of nitrogens with zero attached hydrogens (tertiary/aromatic N) is 1. The zero-order valence-electron chi connectivity index (χ0n) is 16.6. The van der Waals surface area contributed by atoms with Crippen molar-refractivity contribution in [3.63, 3.8) is 0 Å². The van der Waals surface area contributed by atoms with Crippen LogP contribution in [-0.2, 0) is 14.8 Å². The molecule has 2 N–H and O–H groups in total. The number of carbonyl (C=O) groups excluding carboxylic acids is 1. The molecule has 9 heteroatoms. The lowest BCUT2D eigenvalue weighted by Crippen LogP contribution is -3.15. The predicted octanol–water partition coefficient (Wildman–Crippen LogP) is 2.44. The maximum Gasteiger partial charge on any atom is 0.279 e. The monoisotopic (exact) mass is 468 g/mol. The fourth-order valence-electron chi connectivity index (χ4n) is 3.23. The number of piperazine rings is 1. The molecule has 1 saturated heterocycles. The van der Waals surface area contributed by atoms with Gasteiger partial charge >= 0.3 is 0 Å². The molecular formula is C21H24Cl2N3O3S+. The number of benzene rings is 2. The normalized spacial score (nSPS) is 16.1. The molecule has 1 aliphatic heterocycles. The van der Waals surface area contributed by atoms with Crippen LogP contribution in [0.5, 0.6) is 0 Å². The van der Waals surface area contributed by atoms with Gasteiger partial charge in [0.1, 0.15) is 0 Å². The predicted molar refractivity (Wildman–Crippen MR) is 121 cm³/mol. The maximum absolute atomic E-state index is 12.6. The van der Waals surface area contributed by atoms with E-state index in [-0.39, 0.29) is 12.5 Å². The third-order valence-electron chi connectivity index (χ3n) is 4.98. The van der Waals surface area contributed by atoms with Crippen LogP contribution in [0.25, 0.3) is 6.08 Å². The second-order valence-corrected chi connectivity index (χ2v) is 9.79. The molecule has 1 heterocycles. The average molecular weight is 469 g/mol. The molecule has 2 aromatic carbocycles. The van der Waals surface area contributed by atoms with Gasteiger partial charge in [-0.3, -0.25) is 4.79 Å². The minimum Gasteiger partial charge on any atom is -0.325 e. The Kier molecular flexibility index (Phi) is 7.55. The van der Waals surface area contributed by atoms with Crippen LogP contribution in [0.3, 0.4) is 0 Å². The lowest BCUT2D eigenvalue weighted by Gasteiger charge is -2.30. The van der Waals surface area contributed by atoms with Crippen LogP contribution in [-0.4, -0.2) is 51.4 Å². The first-order valence-corrected chi connectivity index (χ1v) is 11.8. The van der Waals surface area contributed by atoms with E-state index in [1.165, 1.54) is 9.71 Å². The van der Waals surface area contributed by atoms with E-state index in [9.17, 15) is 13.2 Å². The van der Waals surface area contributed by atoms with E-state index in [0.717, 1.165) is 16.0 Å². The van der Waals surface area contributed by atoms with Crippen molar-refractivity contribution in [3.8, 4) is 0 Å². The first kappa shape index (κ1) is 22.8. The molecule has 1 aliphatic rings. The van der Waals surface area contributed by atoms with E-state index in [0.29, 0.717) is 41.9 Å². The Morgan fingerprint density at radius 2 is 1.80 bits per heavy atom. The summed E-state index contributed by atoms with van der Waals surface area (Å²) in [6, 6.07) is 12.8. The minimum absolute atomic E-state index is 0.209. The number of nitrogens with one attached hydrogen (secondary N) is 2. The highest BCUT2D eigenvalue weighted by Gasteiger charge is 2.28. The van der Waals surface area contributed by atoms with Crippen LogP contribution in [0.15, 0.2) is 47.9 Å². The molecule has 0 spiro atoms. The molecule has 2 aromatic rings. The Bertz CT molecular complexity index is 1030. The number of sulfonamides is 1. The molecule has 1 fully saturated rings. The summed E-state index contributed by atoms with van der Waals surface area (Å²) >= 11 is 12.4. The Hall–Kier alpha value is -1.90. The standard InChI is InChI=1S/C21H23Cl2N3O3S/c1-16-7-8-18(22)21(20(16)23)24-19(27)15-25-10-12-26(13-11-25)30(28,29)14-9-17-5-3-2-4-6-17/h2-9,14H,10-13,15H2,1H3,(H,24,27)/p+1/b14-9+. The van der Waals surface area contributed by atoms with Crippen molar-refractivity contribution in [2.24, 2.45) is 0 Å². The molecule has 6 nitrogen and oxygen atoms in total. The van der Waals surface area contributed by atoms with E-state index in [4.69, 9.17) is 23.2 Å². The number of hydrogen-bond donors (Lipinski definition) is 2. The van der Waals surface area contributed by atoms with Crippen molar-refractivity contribution in [1.82, 2.24) is 4.31 Å². The Morgan fingerprint density at radius 1 is 1.13 bits per heavy atom. The van der Waals surface area contributed by atoms with Gasteiger partial charge in [0.15, 0.2) is 6.54 Å². The van der Waals surface area contributed by atoms with Crippen LogP contribution in [0.4, 0.5) is 5.69 Å². The number of amides is 1. The largest absolute Gasteiger partial charge is 0.325 e. The van der Waals surface area contributed by atoms with E-state index in [2.05, 4.69) is 5.32 Å². The number of carbonyl (C=O) groups is 1. The fraction of sp³-hybridized carbons (Fsp3) is 0.286. The van der Waals surface area contributed by atoms with Gasteiger partial charge < -0.3 is 10.2 Å². The molecule has 3 rings (SSSR count). The highest BCUT2D eigenvalue weighted by Crippen LogP contribution is 2.32. The molecule has 160 valence electrons. The number of quaternary nitrogens is 1. The van der Waals surface area contributed by atoms with E-state index < -0.39 is 10.0 Å². The van der Waals surface area contributed by atoms with Gasteiger partial charge in [-0.15, -0.1) is 0 Å². The van der Waals surface area contributed by atoms with Crippen molar-refractivity contribution in [2.75, 3.05) is 38.0 Å². The van der Waals surface area contributed by atoms with E-state index in [1.807, 2.05) is 37.3 Å². The summed E-state index contributed by atoms with van der Waals surface area (Å²) < 4.78 is 26.6. The second-order valence-electron chi connectivity index (χ2n) is 7.19. The van der Waals surface area contributed by atoms with Gasteiger partial charge in [0.2, 0.25) is 10.0 Å². The van der Waals surface area contributed by atoms with Crippen molar-refractivity contribution in [1.29, 1.82) is 0 Å². The quantitative estimate of drug-likeness (QED) is 0.683. The van der Waals surface area contributed by atoms with Crippen LogP contribution in [0, 0.1) is 6.92 Å². The van der Waals surface area contributed by atoms with Crippen LogP contribution >= 0.6 is 23.2 Å². The third-order valence-corrected chi connectivity index (χ3v) is 7.35. The summed E-state index contributed by atoms with van der Waals surface area (Å²) in [5.41, 5.74) is 2.07. The number of halogens is 2. The Labute approximate surface area is 187 Å². The molecule has 0 radical (unpaired) electrons. The van der Waals surface area contributed by atoms with Gasteiger partial charge in [0.25, 0.3) is 5.91 Å². The number of rotatable bonds is 6. The highest BCUT2D eigenvalue weighted by molar-refractivity contribution is 7.92. The fourth-order valence-corrected chi connectivity index (χ4v) is 4.89. The Morgan fingerprint density at radius 3 is 2.47 bits per heavy atom. The summed E-state index contributed by atoms with van der Waals surface area (Å²) in [6.07, 6.45) is 1.59. The summed E-state index contributed by atoms with van der Waals surface area (Å²) in [5.74, 6) is -0.209. The molecule has 0 bridgehead atoms. The van der Waals surface area contributed by atoms with Crippen LogP contribution < -0.4 is 10.2 Å². The number of hydrogen-bond acceptors (Lipinski definition) is 3. The topological polar surface area (TPSA) is 70.9 Å². The first-order chi connectivity index (χ1) is 14.3. The smallest absolute Gasteiger partial charge is 0.279 e. The average Bonchev–Trinajstić information content (AvgIpc) is 2.74. The van der Waals surface area contributed by atoms with E-state index in [1.54, 1.807) is 18.2 Å². The zero-order valence-corrected chi connectivity index (χ0v) is 18.9. The van der Waals surface area contributed by atoms with Crippen molar-refractivity contribution < 1.29 is 18.1 Å². The molecule has 30 heavy (non-hydrogen) atoms. The van der Waals surface area contributed by atoms with E-state index >= 15 is 0 Å². The second kappa shape index (κ2) is 9.94. The van der Waals surface area contributed by atoms with Gasteiger partial charge in [-0.2, -0.15) is 4.31 Å². The maximum atomic E-state index is 12.6. The van der Waals surface area contributed by atoms with Crippen molar-refractivity contribution in [2.45, 2.75) is 6.92 Å². The summed E-state index contributed by atoms with van der Waals surface area (Å²) in [7, 11) is -3.49. The number of anilines is 1. The molecule has 0 aliphatic carbocycles. The molecule has 0 aromatic heterocycles. The molecule has 0 saturated carbocycles. The number of aryl methyl sites for hydroxylation is 1. The van der Waals surface area contributed by atoms with Gasteiger partial charge in [-0.25, -0.2) is 8.42 Å². The molecular weight excluding hydrogens is 445 g/mol. The van der Waals surface area contributed by atoms with Gasteiger partial charge in [-0.1, -0.05) is 59.6 Å². The third kappa shape index (κ3) is 5.83. The lowest BCUT2D eigenvalue weighted by molar-refractivity contribution is -0.895. The first-order valence-electron chi connectivity index (χ1n) is 9.57. The van der Waals surface area contributed by atoms with Gasteiger partial charge in [0.05, 0.1) is 41.9 Å². The van der Waals surface area contributed by atoms with Crippen molar-refractivity contribution >= 4 is 50.9 Å². The Balaban J connectivity index is 1.54.